The molecule has 0 aliphatic carbocycles. The van der Waals surface area contributed by atoms with Gasteiger partial charge in [-0.3, -0.25) is 4.79 Å². The van der Waals surface area contributed by atoms with Crippen molar-refractivity contribution >= 4 is 28.4 Å². The predicted molar refractivity (Wildman–Crippen MR) is 107 cm³/mol. The normalized spacial score (nSPS) is 10.7. The number of carbonyl (C=O) groups excluding carboxylic acids is 1. The quantitative estimate of drug-likeness (QED) is 0.747. The second kappa shape index (κ2) is 7.57. The Balaban J connectivity index is 1.96. The van der Waals surface area contributed by atoms with Crippen LogP contribution in [0.25, 0.3) is 11.0 Å². The summed E-state index contributed by atoms with van der Waals surface area (Å²) in [6.07, 6.45) is 0. The Morgan fingerprint density at radius 2 is 1.81 bits per heavy atom. The summed E-state index contributed by atoms with van der Waals surface area (Å²) in [6.45, 7) is 6.42. The molecule has 1 amide bonds. The van der Waals surface area contributed by atoms with E-state index in [0.717, 1.165) is 22.4 Å². The second-order valence-corrected chi connectivity index (χ2v) is 6.46. The number of hydrogen-bond acceptors (Lipinski definition) is 6. The molecule has 27 heavy (non-hydrogen) atoms. The number of pyridine rings is 1. The molecule has 140 valence electrons. The van der Waals surface area contributed by atoms with E-state index < -0.39 is 0 Å². The maximum Gasteiger partial charge on any atom is 0.293 e. The van der Waals surface area contributed by atoms with Gasteiger partial charge in [0.2, 0.25) is 5.82 Å². The maximum absolute atomic E-state index is 12.7. The van der Waals surface area contributed by atoms with Crippen molar-refractivity contribution in [1.82, 2.24) is 15.0 Å². The molecule has 0 spiro atoms. The van der Waals surface area contributed by atoms with Crippen molar-refractivity contribution in [2.24, 2.45) is 0 Å². The van der Waals surface area contributed by atoms with Gasteiger partial charge in [0.05, 0.1) is 12.0 Å². The van der Waals surface area contributed by atoms with Crippen LogP contribution in [0.3, 0.4) is 0 Å². The van der Waals surface area contributed by atoms with Crippen LogP contribution in [0, 0.1) is 13.8 Å². The molecular formula is C20H23N5O2. The molecule has 0 saturated heterocycles. The fraction of sp³-hybridized carbons (Fsp3) is 0.300. The van der Waals surface area contributed by atoms with Crippen LogP contribution in [0.1, 0.15) is 28.8 Å². The summed E-state index contributed by atoms with van der Waals surface area (Å²) in [5, 5.41) is 3.67. The number of aryl methyl sites for hydroxylation is 2. The van der Waals surface area contributed by atoms with Crippen molar-refractivity contribution in [2.45, 2.75) is 20.8 Å². The van der Waals surface area contributed by atoms with Crippen LogP contribution < -0.4 is 15.0 Å². The van der Waals surface area contributed by atoms with Crippen molar-refractivity contribution in [2.75, 3.05) is 30.9 Å². The molecule has 3 rings (SSSR count). The minimum Gasteiger partial charge on any atom is -0.494 e. The first-order valence-corrected chi connectivity index (χ1v) is 8.76. The fourth-order valence-electron chi connectivity index (χ4n) is 2.87. The number of fused-ring (bicyclic) bond motifs is 1. The zero-order valence-corrected chi connectivity index (χ0v) is 16.2. The second-order valence-electron chi connectivity index (χ2n) is 6.46. The van der Waals surface area contributed by atoms with Crippen molar-refractivity contribution in [3.05, 3.63) is 47.4 Å². The third kappa shape index (κ3) is 3.97. The number of amides is 1. The largest absolute Gasteiger partial charge is 0.494 e. The van der Waals surface area contributed by atoms with Crippen LogP contribution in [0.15, 0.2) is 30.3 Å². The average Bonchev–Trinajstić information content (AvgIpc) is 2.62. The SMILES string of the molecule is CCOc1ccc(NC(=O)c2nc(N(C)C)c3c(C)cc(C)nc3n2)cc1. The minimum absolute atomic E-state index is 0.0811. The van der Waals surface area contributed by atoms with E-state index in [-0.39, 0.29) is 11.7 Å². The highest BCUT2D eigenvalue weighted by atomic mass is 16.5. The van der Waals surface area contributed by atoms with Gasteiger partial charge in [-0.15, -0.1) is 0 Å². The molecule has 2 heterocycles. The van der Waals surface area contributed by atoms with E-state index in [1.807, 2.05) is 45.8 Å². The molecule has 0 fully saturated rings. The number of benzene rings is 1. The van der Waals surface area contributed by atoms with Crippen LogP contribution in [-0.4, -0.2) is 41.6 Å². The van der Waals surface area contributed by atoms with E-state index in [1.165, 1.54) is 0 Å². The van der Waals surface area contributed by atoms with Gasteiger partial charge in [-0.2, -0.15) is 0 Å². The molecule has 0 bridgehead atoms. The molecule has 1 N–H and O–H groups in total. The highest BCUT2D eigenvalue weighted by Crippen LogP contribution is 2.26. The first-order valence-electron chi connectivity index (χ1n) is 8.76. The van der Waals surface area contributed by atoms with Gasteiger partial charge >= 0.3 is 0 Å². The van der Waals surface area contributed by atoms with E-state index in [1.54, 1.807) is 24.3 Å². The molecule has 7 nitrogen and oxygen atoms in total. The summed E-state index contributed by atoms with van der Waals surface area (Å²) in [5.41, 5.74) is 3.04. The van der Waals surface area contributed by atoms with E-state index >= 15 is 0 Å². The summed E-state index contributed by atoms with van der Waals surface area (Å²) < 4.78 is 5.41. The summed E-state index contributed by atoms with van der Waals surface area (Å²) >= 11 is 0. The van der Waals surface area contributed by atoms with Crippen molar-refractivity contribution in [1.29, 1.82) is 0 Å². The highest BCUT2D eigenvalue weighted by Gasteiger charge is 2.18. The van der Waals surface area contributed by atoms with Crippen molar-refractivity contribution in [3.8, 4) is 5.75 Å². The molecular weight excluding hydrogens is 342 g/mol. The molecule has 0 saturated carbocycles. The van der Waals surface area contributed by atoms with Gasteiger partial charge in [0, 0.05) is 25.5 Å². The van der Waals surface area contributed by atoms with Crippen LogP contribution >= 0.6 is 0 Å². The lowest BCUT2D eigenvalue weighted by molar-refractivity contribution is 0.101. The summed E-state index contributed by atoms with van der Waals surface area (Å²) in [5.74, 6) is 1.12. The number of carbonyl (C=O) groups is 1. The molecule has 0 aliphatic rings. The topological polar surface area (TPSA) is 80.2 Å². The smallest absolute Gasteiger partial charge is 0.293 e. The molecule has 2 aromatic heterocycles. The lowest BCUT2D eigenvalue weighted by Gasteiger charge is -2.16. The number of anilines is 2. The summed E-state index contributed by atoms with van der Waals surface area (Å²) in [4.78, 5) is 27.9. The maximum atomic E-state index is 12.7. The Morgan fingerprint density at radius 3 is 2.44 bits per heavy atom. The molecule has 7 heteroatoms. The first-order chi connectivity index (χ1) is 12.9. The predicted octanol–water partition coefficient (Wildman–Crippen LogP) is 3.36. The Labute approximate surface area is 158 Å². The third-order valence-electron chi connectivity index (χ3n) is 4.02. The van der Waals surface area contributed by atoms with Gasteiger partial charge < -0.3 is 15.0 Å². The zero-order valence-electron chi connectivity index (χ0n) is 16.2. The highest BCUT2D eigenvalue weighted by molar-refractivity contribution is 6.03. The van der Waals surface area contributed by atoms with Gasteiger partial charge in [-0.1, -0.05) is 0 Å². The van der Waals surface area contributed by atoms with E-state index in [4.69, 9.17) is 4.74 Å². The summed E-state index contributed by atoms with van der Waals surface area (Å²) in [7, 11) is 3.77. The zero-order chi connectivity index (χ0) is 19.6. The van der Waals surface area contributed by atoms with Gasteiger partial charge in [0.1, 0.15) is 11.6 Å². The van der Waals surface area contributed by atoms with Crippen LogP contribution in [-0.2, 0) is 0 Å². The van der Waals surface area contributed by atoms with Gasteiger partial charge in [0.25, 0.3) is 5.91 Å². The number of aromatic nitrogens is 3. The molecule has 1 aromatic carbocycles. The lowest BCUT2D eigenvalue weighted by atomic mass is 10.1. The molecule has 0 aliphatic heterocycles. The number of nitrogens with zero attached hydrogens (tertiary/aromatic N) is 4. The van der Waals surface area contributed by atoms with E-state index in [2.05, 4.69) is 20.3 Å². The number of ether oxygens (including phenoxy) is 1. The van der Waals surface area contributed by atoms with Crippen molar-refractivity contribution in [3.63, 3.8) is 0 Å². The van der Waals surface area contributed by atoms with Crippen molar-refractivity contribution < 1.29 is 9.53 Å². The Morgan fingerprint density at radius 1 is 1.11 bits per heavy atom. The van der Waals surface area contributed by atoms with Gasteiger partial charge in [-0.25, -0.2) is 15.0 Å². The number of hydrogen-bond donors (Lipinski definition) is 1. The lowest BCUT2D eigenvalue weighted by Crippen LogP contribution is -2.20. The number of rotatable bonds is 5. The van der Waals surface area contributed by atoms with E-state index in [9.17, 15) is 4.79 Å². The van der Waals surface area contributed by atoms with E-state index in [0.29, 0.717) is 23.8 Å². The molecule has 0 atom stereocenters. The third-order valence-corrected chi connectivity index (χ3v) is 4.02. The van der Waals surface area contributed by atoms with Gasteiger partial charge in [-0.05, 0) is 56.7 Å². The molecule has 3 aromatic rings. The monoisotopic (exact) mass is 365 g/mol. The Kier molecular flexibility index (Phi) is 5.21. The minimum atomic E-state index is -0.384. The van der Waals surface area contributed by atoms with Gasteiger partial charge in [0.15, 0.2) is 5.65 Å². The Bertz CT molecular complexity index is 984. The van der Waals surface area contributed by atoms with Crippen LogP contribution in [0.2, 0.25) is 0 Å². The average molecular weight is 365 g/mol. The van der Waals surface area contributed by atoms with Crippen LogP contribution in [0.5, 0.6) is 5.75 Å². The first kappa shape index (κ1) is 18.6. The standard InChI is InChI=1S/C20H23N5O2/c1-6-27-15-9-7-14(8-10-15)22-20(26)18-23-17-16(19(24-18)25(4)5)12(2)11-13(3)21-17/h7-11H,6H2,1-5H3,(H,22,26). The number of nitrogens with one attached hydrogen (secondary N) is 1. The fourth-order valence-corrected chi connectivity index (χ4v) is 2.87. The molecule has 0 unspecified atom stereocenters. The Hall–Kier alpha value is -3.22. The summed E-state index contributed by atoms with van der Waals surface area (Å²) in [6, 6.07) is 9.16. The molecule has 0 radical (unpaired) electrons. The van der Waals surface area contributed by atoms with Crippen LogP contribution in [0.4, 0.5) is 11.5 Å².